The lowest BCUT2D eigenvalue weighted by atomic mass is 10.1. The maximum absolute atomic E-state index is 13.1. The Morgan fingerprint density at radius 3 is 2.21 bits per heavy atom. The molecule has 1 aliphatic heterocycles. The molecule has 0 aromatic heterocycles. The van der Waals surface area contributed by atoms with Crippen LogP contribution in [0.1, 0.15) is 26.3 Å². The molecule has 0 saturated carbocycles. The van der Waals surface area contributed by atoms with Crippen molar-refractivity contribution in [3.8, 4) is 0 Å². The highest BCUT2D eigenvalue weighted by Gasteiger charge is 2.39. The van der Waals surface area contributed by atoms with E-state index in [0.29, 0.717) is 28.3 Å². The lowest BCUT2D eigenvalue weighted by Crippen LogP contribution is -2.34. The van der Waals surface area contributed by atoms with E-state index in [1.165, 1.54) is 23.6 Å². The quantitative estimate of drug-likeness (QED) is 0.747. The Morgan fingerprint density at radius 1 is 1.00 bits per heavy atom. The van der Waals surface area contributed by atoms with Gasteiger partial charge in [0, 0.05) is 24.1 Å². The minimum absolute atomic E-state index is 0.164. The molecule has 0 unspecified atom stereocenters. The molecule has 0 saturated heterocycles. The number of carbonyl (C=O) groups is 3. The van der Waals surface area contributed by atoms with Crippen molar-refractivity contribution in [2.24, 2.45) is 5.92 Å². The van der Waals surface area contributed by atoms with E-state index in [0.717, 1.165) is 4.90 Å². The van der Waals surface area contributed by atoms with Gasteiger partial charge in [0.1, 0.15) is 0 Å². The Balaban J connectivity index is 2.01. The lowest BCUT2D eigenvalue weighted by Gasteiger charge is -2.17. The number of imide groups is 1. The van der Waals surface area contributed by atoms with Crippen LogP contribution in [0.3, 0.4) is 0 Å². The number of hydrogen-bond acceptors (Lipinski definition) is 4. The van der Waals surface area contributed by atoms with Gasteiger partial charge in [0.05, 0.1) is 10.5 Å². The number of carbonyl (C=O) groups excluding carboxylic acids is 3. The molecule has 3 rings (SSSR count). The fourth-order valence-corrected chi connectivity index (χ4v) is 4.00. The molecule has 2 aromatic carbocycles. The topological polar surface area (TPSA) is 66.5 Å². The average Bonchev–Trinajstić information content (AvgIpc) is 2.87. The lowest BCUT2D eigenvalue weighted by molar-refractivity contribution is -0.137. The fraction of sp³-hybridized carbons (Fsp3) is 0.227. The smallest absolute Gasteiger partial charge is 0.268 e. The molecule has 6 heteroatoms. The molecule has 0 spiro atoms. The van der Waals surface area contributed by atoms with Gasteiger partial charge in [0.15, 0.2) is 0 Å². The van der Waals surface area contributed by atoms with Gasteiger partial charge in [-0.1, -0.05) is 55.9 Å². The second-order valence-electron chi connectivity index (χ2n) is 6.99. The highest BCUT2D eigenvalue weighted by atomic mass is 32.2. The van der Waals surface area contributed by atoms with Gasteiger partial charge in [-0.15, -0.1) is 0 Å². The Kier molecular flexibility index (Phi) is 5.99. The molecule has 0 aliphatic carbocycles. The van der Waals surface area contributed by atoms with Crippen LogP contribution < -0.4 is 5.32 Å². The molecule has 144 valence electrons. The first-order chi connectivity index (χ1) is 13.4. The van der Waals surface area contributed by atoms with Crippen molar-refractivity contribution in [3.05, 3.63) is 65.1 Å². The first kappa shape index (κ1) is 19.9. The number of rotatable bonds is 6. The van der Waals surface area contributed by atoms with Gasteiger partial charge in [-0.2, -0.15) is 0 Å². The minimum atomic E-state index is -0.274. The number of amides is 3. The van der Waals surface area contributed by atoms with Crippen LogP contribution in [-0.4, -0.2) is 29.2 Å². The van der Waals surface area contributed by atoms with Crippen molar-refractivity contribution < 1.29 is 14.4 Å². The average molecular weight is 394 g/mol. The van der Waals surface area contributed by atoms with E-state index in [9.17, 15) is 14.4 Å². The Bertz CT molecular complexity index is 934. The largest absolute Gasteiger partial charge is 0.326 e. The third-order valence-corrected chi connectivity index (χ3v) is 5.22. The van der Waals surface area contributed by atoms with Crippen molar-refractivity contribution >= 4 is 40.7 Å². The SMILES string of the molecule is CC(=O)Nc1ccc(C2=C(Sc3ccccc3)C(=O)N(CC(C)C)C2=O)cc1. The molecule has 3 amide bonds. The zero-order chi connectivity index (χ0) is 20.3. The summed E-state index contributed by atoms with van der Waals surface area (Å²) in [6, 6.07) is 16.5. The number of nitrogens with one attached hydrogen (secondary N) is 1. The Hall–Kier alpha value is -2.86. The van der Waals surface area contributed by atoms with Gasteiger partial charge in [0.25, 0.3) is 11.8 Å². The van der Waals surface area contributed by atoms with Gasteiger partial charge < -0.3 is 5.32 Å². The summed E-state index contributed by atoms with van der Waals surface area (Å²) >= 11 is 1.31. The summed E-state index contributed by atoms with van der Waals surface area (Å²) in [5.74, 6) is -0.516. The number of nitrogens with zero attached hydrogens (tertiary/aromatic N) is 1. The molecule has 28 heavy (non-hydrogen) atoms. The number of anilines is 1. The van der Waals surface area contributed by atoms with Crippen molar-refractivity contribution in [1.29, 1.82) is 0 Å². The summed E-state index contributed by atoms with van der Waals surface area (Å²) in [4.78, 5) is 40.0. The van der Waals surface area contributed by atoms with Crippen LogP contribution in [-0.2, 0) is 14.4 Å². The van der Waals surface area contributed by atoms with Crippen LogP contribution in [0.2, 0.25) is 0 Å². The molecule has 1 heterocycles. The molecule has 5 nitrogen and oxygen atoms in total. The molecule has 0 radical (unpaired) electrons. The van der Waals surface area contributed by atoms with E-state index in [2.05, 4.69) is 5.32 Å². The second kappa shape index (κ2) is 8.44. The number of benzene rings is 2. The summed E-state index contributed by atoms with van der Waals surface area (Å²) < 4.78 is 0. The van der Waals surface area contributed by atoms with E-state index >= 15 is 0 Å². The summed E-state index contributed by atoms with van der Waals surface area (Å²) in [7, 11) is 0. The van der Waals surface area contributed by atoms with E-state index in [1.54, 1.807) is 24.3 Å². The molecule has 0 bridgehead atoms. The highest BCUT2D eigenvalue weighted by Crippen LogP contribution is 2.40. The monoisotopic (exact) mass is 394 g/mol. The Morgan fingerprint density at radius 2 is 1.64 bits per heavy atom. The van der Waals surface area contributed by atoms with Crippen molar-refractivity contribution in [3.63, 3.8) is 0 Å². The standard InChI is InChI=1S/C22H22N2O3S/c1-14(2)13-24-21(26)19(16-9-11-17(12-10-16)23-15(3)25)20(22(24)27)28-18-7-5-4-6-8-18/h4-12,14H,13H2,1-3H3,(H,23,25). The molecule has 1 aliphatic rings. The van der Waals surface area contributed by atoms with Gasteiger partial charge in [-0.3, -0.25) is 19.3 Å². The third-order valence-electron chi connectivity index (χ3n) is 4.13. The summed E-state index contributed by atoms with van der Waals surface area (Å²) in [6.07, 6.45) is 0. The van der Waals surface area contributed by atoms with Gasteiger partial charge >= 0.3 is 0 Å². The van der Waals surface area contributed by atoms with Gasteiger partial charge in [-0.05, 0) is 35.7 Å². The zero-order valence-electron chi connectivity index (χ0n) is 16.1. The van der Waals surface area contributed by atoms with Crippen LogP contribution in [0, 0.1) is 5.92 Å². The predicted molar refractivity (Wildman–Crippen MR) is 112 cm³/mol. The highest BCUT2D eigenvalue weighted by molar-refractivity contribution is 8.04. The molecule has 0 atom stereocenters. The van der Waals surface area contributed by atoms with Gasteiger partial charge in [-0.25, -0.2) is 0 Å². The van der Waals surface area contributed by atoms with Crippen LogP contribution in [0.4, 0.5) is 5.69 Å². The van der Waals surface area contributed by atoms with Crippen LogP contribution in [0.15, 0.2) is 64.4 Å². The van der Waals surface area contributed by atoms with E-state index in [4.69, 9.17) is 0 Å². The minimum Gasteiger partial charge on any atom is -0.326 e. The molecule has 0 fully saturated rings. The third kappa shape index (κ3) is 4.34. The Labute approximate surface area is 168 Å². The second-order valence-corrected chi connectivity index (χ2v) is 8.08. The predicted octanol–water partition coefficient (Wildman–Crippen LogP) is 4.17. The number of hydrogen-bond donors (Lipinski definition) is 1. The van der Waals surface area contributed by atoms with E-state index in [1.807, 2.05) is 44.2 Å². The first-order valence-corrected chi connectivity index (χ1v) is 9.90. The summed E-state index contributed by atoms with van der Waals surface area (Å²) in [5.41, 5.74) is 1.72. The normalized spacial score (nSPS) is 14.2. The maximum Gasteiger partial charge on any atom is 0.268 e. The van der Waals surface area contributed by atoms with Crippen LogP contribution in [0.5, 0.6) is 0 Å². The van der Waals surface area contributed by atoms with Crippen LogP contribution >= 0.6 is 11.8 Å². The summed E-state index contributed by atoms with van der Waals surface area (Å²) in [6.45, 7) is 5.77. The maximum atomic E-state index is 13.1. The first-order valence-electron chi connectivity index (χ1n) is 9.08. The van der Waals surface area contributed by atoms with Crippen molar-refractivity contribution in [2.45, 2.75) is 25.7 Å². The number of thioether (sulfide) groups is 1. The zero-order valence-corrected chi connectivity index (χ0v) is 16.9. The fourth-order valence-electron chi connectivity index (χ4n) is 2.96. The van der Waals surface area contributed by atoms with Gasteiger partial charge in [0.2, 0.25) is 5.91 Å². The van der Waals surface area contributed by atoms with Crippen molar-refractivity contribution in [2.75, 3.05) is 11.9 Å². The molecular weight excluding hydrogens is 372 g/mol. The molecular formula is C22H22N2O3S. The van der Waals surface area contributed by atoms with E-state index < -0.39 is 0 Å². The molecule has 2 aromatic rings. The summed E-state index contributed by atoms with van der Waals surface area (Å²) in [5, 5.41) is 2.71. The van der Waals surface area contributed by atoms with E-state index in [-0.39, 0.29) is 23.6 Å². The van der Waals surface area contributed by atoms with Crippen molar-refractivity contribution in [1.82, 2.24) is 4.90 Å². The van der Waals surface area contributed by atoms with Crippen LogP contribution in [0.25, 0.3) is 5.57 Å². The molecule has 1 N–H and O–H groups in total.